The van der Waals surface area contributed by atoms with Gasteiger partial charge in [0.25, 0.3) is 0 Å². The summed E-state index contributed by atoms with van der Waals surface area (Å²) in [6, 6.07) is 0.695. The van der Waals surface area contributed by atoms with E-state index >= 15 is 0 Å². The van der Waals surface area contributed by atoms with Crippen molar-refractivity contribution in [2.24, 2.45) is 10.8 Å². The number of fused-ring (bicyclic) bond motifs is 1. The van der Waals surface area contributed by atoms with E-state index in [0.717, 1.165) is 38.5 Å². The molecule has 23 heavy (non-hydrogen) atoms. The van der Waals surface area contributed by atoms with Crippen molar-refractivity contribution >= 4 is 5.91 Å². The van der Waals surface area contributed by atoms with Gasteiger partial charge in [0, 0.05) is 29.5 Å². The first-order chi connectivity index (χ1) is 10.9. The normalized spacial score (nSPS) is 40.2. The zero-order valence-corrected chi connectivity index (χ0v) is 14.9. The van der Waals surface area contributed by atoms with E-state index in [1.54, 1.807) is 0 Å². The molecule has 2 saturated carbocycles. The average molecular weight is 322 g/mol. The number of aliphatic hydroxyl groups is 1. The van der Waals surface area contributed by atoms with Crippen molar-refractivity contribution in [1.29, 1.82) is 0 Å². The van der Waals surface area contributed by atoms with Gasteiger partial charge in [-0.15, -0.1) is 0 Å². The van der Waals surface area contributed by atoms with Gasteiger partial charge in [-0.25, -0.2) is 0 Å². The number of hydrogen-bond donors (Lipinski definition) is 3. The van der Waals surface area contributed by atoms with Crippen LogP contribution in [-0.4, -0.2) is 35.7 Å². The van der Waals surface area contributed by atoms with E-state index < -0.39 is 0 Å². The summed E-state index contributed by atoms with van der Waals surface area (Å²) in [6.45, 7) is 5.05. The molecule has 2 aliphatic carbocycles. The van der Waals surface area contributed by atoms with Gasteiger partial charge in [0.05, 0.1) is 6.10 Å². The zero-order chi connectivity index (χ0) is 16.5. The lowest BCUT2D eigenvalue weighted by Gasteiger charge is -2.33. The largest absolute Gasteiger partial charge is 0.392 e. The molecule has 1 heterocycles. The first kappa shape index (κ1) is 17.2. The van der Waals surface area contributed by atoms with Crippen molar-refractivity contribution < 1.29 is 9.90 Å². The summed E-state index contributed by atoms with van der Waals surface area (Å²) in [6.07, 6.45) is 10.8. The fourth-order valence-corrected chi connectivity index (χ4v) is 5.12. The van der Waals surface area contributed by atoms with E-state index in [1.165, 1.54) is 25.7 Å². The van der Waals surface area contributed by atoms with Crippen LogP contribution in [0.25, 0.3) is 0 Å². The first-order valence-electron chi connectivity index (χ1n) is 9.66. The lowest BCUT2D eigenvalue weighted by molar-refractivity contribution is -0.131. The van der Waals surface area contributed by atoms with E-state index in [0.29, 0.717) is 18.6 Å². The highest BCUT2D eigenvalue weighted by Crippen LogP contribution is 2.43. The first-order valence-corrected chi connectivity index (χ1v) is 9.66. The van der Waals surface area contributed by atoms with Crippen LogP contribution in [-0.2, 0) is 4.79 Å². The Morgan fingerprint density at radius 1 is 1.13 bits per heavy atom. The van der Waals surface area contributed by atoms with Gasteiger partial charge >= 0.3 is 0 Å². The highest BCUT2D eigenvalue weighted by Gasteiger charge is 2.48. The Labute approximate surface area is 140 Å². The maximum atomic E-state index is 12.6. The maximum Gasteiger partial charge on any atom is 0.225 e. The zero-order valence-electron chi connectivity index (χ0n) is 14.9. The van der Waals surface area contributed by atoms with Gasteiger partial charge < -0.3 is 15.7 Å². The molecular weight excluding hydrogens is 288 g/mol. The van der Waals surface area contributed by atoms with Crippen molar-refractivity contribution in [2.45, 2.75) is 96.2 Å². The Hall–Kier alpha value is -0.610. The minimum atomic E-state index is -0.209. The van der Waals surface area contributed by atoms with Gasteiger partial charge in [0.1, 0.15) is 0 Å². The highest BCUT2D eigenvalue weighted by molar-refractivity contribution is 5.82. The van der Waals surface area contributed by atoms with Crippen LogP contribution < -0.4 is 10.6 Å². The summed E-state index contributed by atoms with van der Waals surface area (Å²) in [5.41, 5.74) is -0.189. The molecular formula is C19H34N2O2. The smallest absolute Gasteiger partial charge is 0.225 e. The fraction of sp³-hybridized carbons (Fsp3) is 0.947. The lowest BCUT2D eigenvalue weighted by atomic mass is 9.74. The second kappa shape index (κ2) is 6.72. The van der Waals surface area contributed by atoms with Crippen molar-refractivity contribution in [3.63, 3.8) is 0 Å². The van der Waals surface area contributed by atoms with E-state index in [1.807, 2.05) is 0 Å². The van der Waals surface area contributed by atoms with Gasteiger partial charge in [-0.05, 0) is 32.1 Å². The summed E-state index contributed by atoms with van der Waals surface area (Å²) >= 11 is 0. The quantitative estimate of drug-likeness (QED) is 0.749. The summed E-state index contributed by atoms with van der Waals surface area (Å²) in [4.78, 5) is 12.6. The standard InChI is InChI=1S/C19H34N2O2/c1-18(10-6-3-7-11-18)17(23)20-13-14-12-19(2)15(21-14)8-4-5-9-16(19)22/h14-16,21-22H,3-13H2,1-2H3,(H,20,23)/t14-,15-,16+,19-/m1/s1. The minimum absolute atomic E-state index is 0.0271. The van der Waals surface area contributed by atoms with Crippen LogP contribution >= 0.6 is 0 Å². The van der Waals surface area contributed by atoms with E-state index in [-0.39, 0.29) is 22.8 Å². The minimum Gasteiger partial charge on any atom is -0.392 e. The second-order valence-corrected chi connectivity index (χ2v) is 8.76. The molecule has 1 saturated heterocycles. The van der Waals surface area contributed by atoms with Crippen molar-refractivity contribution in [2.75, 3.05) is 6.54 Å². The van der Waals surface area contributed by atoms with Crippen LogP contribution in [0.15, 0.2) is 0 Å². The second-order valence-electron chi connectivity index (χ2n) is 8.76. The van der Waals surface area contributed by atoms with Crippen molar-refractivity contribution in [1.82, 2.24) is 10.6 Å². The summed E-state index contributed by atoms with van der Waals surface area (Å²) in [5.74, 6) is 0.233. The van der Waals surface area contributed by atoms with Crippen LogP contribution in [0.1, 0.15) is 78.1 Å². The van der Waals surface area contributed by atoms with Gasteiger partial charge in [-0.3, -0.25) is 4.79 Å². The predicted molar refractivity (Wildman–Crippen MR) is 92.1 cm³/mol. The molecule has 3 rings (SSSR count). The number of aliphatic hydroxyl groups excluding tert-OH is 1. The third kappa shape index (κ3) is 3.43. The molecule has 4 atom stereocenters. The van der Waals surface area contributed by atoms with Gasteiger partial charge in [-0.2, -0.15) is 0 Å². The molecule has 1 amide bonds. The average Bonchev–Trinajstić information content (AvgIpc) is 2.80. The van der Waals surface area contributed by atoms with E-state index in [9.17, 15) is 9.90 Å². The van der Waals surface area contributed by atoms with Crippen LogP contribution in [0.2, 0.25) is 0 Å². The highest BCUT2D eigenvalue weighted by atomic mass is 16.3. The number of carbonyl (C=O) groups is 1. The third-order valence-corrected chi connectivity index (χ3v) is 6.92. The molecule has 0 bridgehead atoms. The number of carbonyl (C=O) groups excluding carboxylic acids is 1. The molecule has 0 aromatic heterocycles. The molecule has 0 aromatic rings. The van der Waals surface area contributed by atoms with Gasteiger partial charge in [-0.1, -0.05) is 46.0 Å². The predicted octanol–water partition coefficient (Wildman–Crippen LogP) is 2.74. The van der Waals surface area contributed by atoms with E-state index in [4.69, 9.17) is 0 Å². The number of amides is 1. The van der Waals surface area contributed by atoms with Crippen molar-refractivity contribution in [3.8, 4) is 0 Å². The summed E-state index contributed by atoms with van der Waals surface area (Å²) in [5, 5.41) is 17.4. The Kier molecular flexibility index (Phi) is 5.03. The molecule has 3 fully saturated rings. The summed E-state index contributed by atoms with van der Waals surface area (Å²) in [7, 11) is 0. The fourth-order valence-electron chi connectivity index (χ4n) is 5.12. The molecule has 3 N–H and O–H groups in total. The van der Waals surface area contributed by atoms with Gasteiger partial charge in [0.2, 0.25) is 5.91 Å². The van der Waals surface area contributed by atoms with E-state index in [2.05, 4.69) is 24.5 Å². The Bertz CT molecular complexity index is 433. The molecule has 4 nitrogen and oxygen atoms in total. The number of rotatable bonds is 3. The molecule has 1 aliphatic heterocycles. The maximum absolute atomic E-state index is 12.6. The molecule has 0 radical (unpaired) electrons. The van der Waals surface area contributed by atoms with Crippen LogP contribution in [0.5, 0.6) is 0 Å². The molecule has 4 heteroatoms. The number of nitrogens with one attached hydrogen (secondary N) is 2. The Morgan fingerprint density at radius 2 is 1.83 bits per heavy atom. The SMILES string of the molecule is CC1(C(=O)NC[C@H]2C[C@@]3(C)[C@@H](O)CCCC[C@H]3N2)CCCCC1. The Morgan fingerprint density at radius 3 is 2.57 bits per heavy atom. The summed E-state index contributed by atoms with van der Waals surface area (Å²) < 4.78 is 0. The monoisotopic (exact) mass is 322 g/mol. The molecule has 0 unspecified atom stereocenters. The van der Waals surface area contributed by atoms with Crippen LogP contribution in [0.3, 0.4) is 0 Å². The van der Waals surface area contributed by atoms with Crippen LogP contribution in [0.4, 0.5) is 0 Å². The molecule has 3 aliphatic rings. The molecule has 0 aromatic carbocycles. The molecule has 132 valence electrons. The number of hydrogen-bond acceptors (Lipinski definition) is 3. The topological polar surface area (TPSA) is 61.4 Å². The third-order valence-electron chi connectivity index (χ3n) is 6.92. The Balaban J connectivity index is 1.54. The lowest BCUT2D eigenvalue weighted by Crippen LogP contribution is -2.46. The van der Waals surface area contributed by atoms with Crippen molar-refractivity contribution in [3.05, 3.63) is 0 Å². The van der Waals surface area contributed by atoms with Crippen LogP contribution in [0, 0.1) is 10.8 Å². The molecule has 0 spiro atoms. The van der Waals surface area contributed by atoms with Gasteiger partial charge in [0.15, 0.2) is 0 Å².